The molecule has 0 aliphatic carbocycles. The molecule has 3 aromatic rings. The van der Waals surface area contributed by atoms with Crippen LogP contribution in [0, 0.1) is 5.92 Å². The number of aryl methyl sites for hydroxylation is 1. The Bertz CT molecular complexity index is 842. The van der Waals surface area contributed by atoms with Crippen LogP contribution < -0.4 is 0 Å². The number of hydrogen-bond acceptors (Lipinski definition) is 1. The predicted molar refractivity (Wildman–Crippen MR) is 116 cm³/mol. The Morgan fingerprint density at radius 1 is 0.889 bits per heavy atom. The molecule has 2 aromatic carbocycles. The fourth-order valence-corrected chi connectivity index (χ4v) is 3.92. The molecule has 1 aromatic heterocycles. The number of hydrogen-bond donors (Lipinski definition) is 0. The highest BCUT2D eigenvalue weighted by molar-refractivity contribution is 5.76. The minimum absolute atomic E-state index is 0.302. The van der Waals surface area contributed by atoms with Crippen LogP contribution in [0.1, 0.15) is 76.2 Å². The van der Waals surface area contributed by atoms with Gasteiger partial charge in [0.25, 0.3) is 0 Å². The lowest BCUT2D eigenvalue weighted by Gasteiger charge is -2.16. The van der Waals surface area contributed by atoms with Gasteiger partial charge in [0, 0.05) is 12.5 Å². The third kappa shape index (κ3) is 4.80. The molecule has 0 radical (unpaired) electrons. The summed E-state index contributed by atoms with van der Waals surface area (Å²) < 4.78 is 2.46. The molecule has 0 N–H and O–H groups in total. The van der Waals surface area contributed by atoms with Crippen molar-refractivity contribution >= 4 is 11.0 Å². The highest BCUT2D eigenvalue weighted by Gasteiger charge is 2.18. The average molecular weight is 363 g/mol. The molecule has 0 saturated carbocycles. The van der Waals surface area contributed by atoms with Gasteiger partial charge in [-0.15, -0.1) is 0 Å². The molecule has 0 saturated heterocycles. The molecular weight excluding hydrogens is 328 g/mol. The van der Waals surface area contributed by atoms with Gasteiger partial charge in [-0.05, 0) is 42.0 Å². The van der Waals surface area contributed by atoms with Crippen molar-refractivity contribution in [3.8, 4) is 0 Å². The van der Waals surface area contributed by atoms with Crippen molar-refractivity contribution in [2.24, 2.45) is 5.92 Å². The molecule has 0 amide bonds. The fraction of sp³-hybridized carbons (Fsp3) is 0.480. The van der Waals surface area contributed by atoms with Crippen LogP contribution >= 0.6 is 0 Å². The highest BCUT2D eigenvalue weighted by Crippen LogP contribution is 2.28. The average Bonchev–Trinajstić information content (AvgIpc) is 3.03. The lowest BCUT2D eigenvalue weighted by atomic mass is 9.96. The van der Waals surface area contributed by atoms with Crippen LogP contribution in [0.15, 0.2) is 48.5 Å². The first-order chi connectivity index (χ1) is 13.1. The van der Waals surface area contributed by atoms with Gasteiger partial charge in [0.2, 0.25) is 0 Å². The summed E-state index contributed by atoms with van der Waals surface area (Å²) in [5.74, 6) is 2.20. The molecule has 0 aliphatic rings. The molecule has 0 bridgehead atoms. The van der Waals surface area contributed by atoms with Crippen molar-refractivity contribution in [1.29, 1.82) is 0 Å². The van der Waals surface area contributed by atoms with E-state index in [-0.39, 0.29) is 0 Å². The fourth-order valence-electron chi connectivity index (χ4n) is 3.92. The molecule has 1 atom stereocenters. The van der Waals surface area contributed by atoms with E-state index in [1.54, 1.807) is 0 Å². The van der Waals surface area contributed by atoms with E-state index in [1.807, 2.05) is 0 Å². The van der Waals surface area contributed by atoms with Crippen molar-refractivity contribution in [3.63, 3.8) is 0 Å². The van der Waals surface area contributed by atoms with Crippen LogP contribution in [-0.4, -0.2) is 9.55 Å². The molecule has 3 rings (SSSR count). The zero-order chi connectivity index (χ0) is 19.2. The van der Waals surface area contributed by atoms with Gasteiger partial charge < -0.3 is 4.57 Å². The van der Waals surface area contributed by atoms with E-state index in [4.69, 9.17) is 4.98 Å². The van der Waals surface area contributed by atoms with Gasteiger partial charge in [0.05, 0.1) is 11.0 Å². The molecule has 27 heavy (non-hydrogen) atoms. The molecule has 1 heterocycles. The van der Waals surface area contributed by atoms with Crippen molar-refractivity contribution in [1.82, 2.24) is 9.55 Å². The maximum Gasteiger partial charge on any atom is 0.117 e. The Balaban J connectivity index is 1.87. The molecule has 0 spiro atoms. The number of benzene rings is 2. The lowest BCUT2D eigenvalue weighted by molar-refractivity contribution is 0.567. The maximum atomic E-state index is 5.02. The molecule has 0 unspecified atom stereocenters. The SMILES string of the molecule is CCCCCCn1c([C@@H](C)c2ccc(CC(C)C)cc2)nc2ccccc21. The van der Waals surface area contributed by atoms with Crippen molar-refractivity contribution in [2.45, 2.75) is 72.3 Å². The van der Waals surface area contributed by atoms with E-state index >= 15 is 0 Å². The first kappa shape index (κ1) is 19.7. The standard InChI is InChI=1S/C25H34N2/c1-5-6-7-10-17-27-24-12-9-8-11-23(24)26-25(27)20(4)22-15-13-21(14-16-22)18-19(2)3/h8-9,11-16,19-20H,5-7,10,17-18H2,1-4H3/t20-/m0/s1. The van der Waals surface area contributed by atoms with E-state index in [0.717, 1.165) is 18.5 Å². The molecule has 2 nitrogen and oxygen atoms in total. The largest absolute Gasteiger partial charge is 0.327 e. The summed E-state index contributed by atoms with van der Waals surface area (Å²) >= 11 is 0. The predicted octanol–water partition coefficient (Wildman–Crippen LogP) is 6.97. The van der Waals surface area contributed by atoms with Gasteiger partial charge in [-0.25, -0.2) is 4.98 Å². The third-order valence-electron chi connectivity index (χ3n) is 5.43. The smallest absolute Gasteiger partial charge is 0.117 e. The number of unbranched alkanes of at least 4 members (excludes halogenated alkanes) is 3. The van der Waals surface area contributed by atoms with Crippen molar-refractivity contribution in [2.75, 3.05) is 0 Å². The van der Waals surface area contributed by atoms with Crippen LogP contribution in [0.25, 0.3) is 11.0 Å². The number of imidazole rings is 1. The number of rotatable bonds is 9. The number of para-hydroxylation sites is 2. The van der Waals surface area contributed by atoms with Crippen molar-refractivity contribution in [3.05, 3.63) is 65.5 Å². The molecular formula is C25H34N2. The van der Waals surface area contributed by atoms with E-state index in [0.29, 0.717) is 11.8 Å². The molecule has 2 heteroatoms. The Kier molecular flexibility index (Phi) is 6.71. The van der Waals surface area contributed by atoms with E-state index in [1.165, 1.54) is 48.2 Å². The molecule has 144 valence electrons. The van der Waals surface area contributed by atoms with E-state index < -0.39 is 0 Å². The van der Waals surface area contributed by atoms with Crippen LogP contribution in [0.3, 0.4) is 0 Å². The monoisotopic (exact) mass is 362 g/mol. The van der Waals surface area contributed by atoms with Gasteiger partial charge in [0.15, 0.2) is 0 Å². The van der Waals surface area contributed by atoms with Gasteiger partial charge in [0.1, 0.15) is 5.82 Å². The molecule has 0 fully saturated rings. The maximum absolute atomic E-state index is 5.02. The van der Waals surface area contributed by atoms with Gasteiger partial charge in [-0.1, -0.05) is 83.4 Å². The Hall–Kier alpha value is -2.09. The summed E-state index contributed by atoms with van der Waals surface area (Å²) in [5.41, 5.74) is 5.17. The molecule has 0 aliphatic heterocycles. The summed E-state index contributed by atoms with van der Waals surface area (Å²) in [6.45, 7) is 10.2. The zero-order valence-electron chi connectivity index (χ0n) is 17.4. The topological polar surface area (TPSA) is 17.8 Å². The van der Waals surface area contributed by atoms with Gasteiger partial charge in [-0.3, -0.25) is 0 Å². The number of nitrogens with zero attached hydrogens (tertiary/aromatic N) is 2. The van der Waals surface area contributed by atoms with Gasteiger partial charge in [-0.2, -0.15) is 0 Å². The summed E-state index contributed by atoms with van der Waals surface area (Å²) in [6, 6.07) is 17.7. The lowest BCUT2D eigenvalue weighted by Crippen LogP contribution is -2.09. The summed E-state index contributed by atoms with van der Waals surface area (Å²) in [7, 11) is 0. The van der Waals surface area contributed by atoms with Crippen LogP contribution in [0.5, 0.6) is 0 Å². The van der Waals surface area contributed by atoms with Crippen LogP contribution in [-0.2, 0) is 13.0 Å². The van der Waals surface area contributed by atoms with Crippen LogP contribution in [0.2, 0.25) is 0 Å². The first-order valence-corrected chi connectivity index (χ1v) is 10.6. The third-order valence-corrected chi connectivity index (χ3v) is 5.43. The Morgan fingerprint density at radius 3 is 2.33 bits per heavy atom. The van der Waals surface area contributed by atoms with Crippen LogP contribution in [0.4, 0.5) is 0 Å². The second kappa shape index (κ2) is 9.21. The minimum Gasteiger partial charge on any atom is -0.327 e. The minimum atomic E-state index is 0.302. The Labute approximate surface area is 164 Å². The summed E-state index contributed by atoms with van der Waals surface area (Å²) in [6.07, 6.45) is 6.25. The summed E-state index contributed by atoms with van der Waals surface area (Å²) in [4.78, 5) is 5.02. The summed E-state index contributed by atoms with van der Waals surface area (Å²) in [5, 5.41) is 0. The number of aromatic nitrogens is 2. The number of fused-ring (bicyclic) bond motifs is 1. The highest BCUT2D eigenvalue weighted by atomic mass is 15.1. The van der Waals surface area contributed by atoms with Crippen molar-refractivity contribution < 1.29 is 0 Å². The normalized spacial score (nSPS) is 12.8. The van der Waals surface area contributed by atoms with Gasteiger partial charge >= 0.3 is 0 Å². The quantitative estimate of drug-likeness (QED) is 0.376. The second-order valence-electron chi connectivity index (χ2n) is 8.23. The second-order valence-corrected chi connectivity index (χ2v) is 8.23. The Morgan fingerprint density at radius 2 is 1.63 bits per heavy atom. The van der Waals surface area contributed by atoms with E-state index in [9.17, 15) is 0 Å². The van der Waals surface area contributed by atoms with E-state index in [2.05, 4.69) is 80.8 Å². The first-order valence-electron chi connectivity index (χ1n) is 10.6. The zero-order valence-corrected chi connectivity index (χ0v) is 17.4.